The molecule has 0 aliphatic carbocycles. The zero-order valence-electron chi connectivity index (χ0n) is 17.2. The van der Waals surface area contributed by atoms with Gasteiger partial charge < -0.3 is 10.1 Å². The Morgan fingerprint density at radius 1 is 1.03 bits per heavy atom. The van der Waals surface area contributed by atoms with Crippen molar-refractivity contribution in [1.82, 2.24) is 25.1 Å². The van der Waals surface area contributed by atoms with Gasteiger partial charge in [0.25, 0.3) is 0 Å². The molecule has 158 valence electrons. The minimum absolute atomic E-state index is 0.161. The van der Waals surface area contributed by atoms with Crippen LogP contribution < -0.4 is 10.1 Å². The van der Waals surface area contributed by atoms with Gasteiger partial charge in [-0.25, -0.2) is 18.4 Å². The molecule has 0 unspecified atom stereocenters. The Kier molecular flexibility index (Phi) is 5.47. The van der Waals surface area contributed by atoms with E-state index >= 15 is 0 Å². The fraction of sp³-hybridized carbons (Fsp3) is 0.190. The van der Waals surface area contributed by atoms with Crippen molar-refractivity contribution in [3.63, 3.8) is 0 Å². The number of hydrogen-bond donors (Lipinski definition) is 1. The van der Waals surface area contributed by atoms with E-state index in [-0.39, 0.29) is 4.90 Å². The number of sulfone groups is 1. The number of aromatic nitrogens is 5. The maximum atomic E-state index is 11.7. The van der Waals surface area contributed by atoms with Crippen molar-refractivity contribution < 1.29 is 13.2 Å². The molecule has 1 aromatic carbocycles. The van der Waals surface area contributed by atoms with Gasteiger partial charge in [0.15, 0.2) is 9.84 Å². The van der Waals surface area contributed by atoms with Gasteiger partial charge in [0.1, 0.15) is 23.4 Å². The van der Waals surface area contributed by atoms with Crippen LogP contribution in [0.2, 0.25) is 0 Å². The summed E-state index contributed by atoms with van der Waals surface area (Å²) in [5.74, 6) is 1.17. The Hall–Kier alpha value is -3.66. The number of aryl methyl sites for hydroxylation is 1. The molecule has 0 spiro atoms. The molecule has 9 nitrogen and oxygen atoms in total. The molecule has 3 heterocycles. The first kappa shape index (κ1) is 20.6. The number of hydrogen-bond acceptors (Lipinski definition) is 9. The summed E-state index contributed by atoms with van der Waals surface area (Å²) in [6.07, 6.45) is 3.96. The summed E-state index contributed by atoms with van der Waals surface area (Å²) in [4.78, 5) is 13.2. The van der Waals surface area contributed by atoms with Crippen LogP contribution in [0.25, 0.3) is 22.2 Å². The molecule has 4 aromatic rings. The zero-order chi connectivity index (χ0) is 22.0. The van der Waals surface area contributed by atoms with Crippen LogP contribution in [0.5, 0.6) is 5.75 Å². The largest absolute Gasteiger partial charge is 0.494 e. The maximum absolute atomic E-state index is 11.7. The van der Waals surface area contributed by atoms with Gasteiger partial charge in [0.05, 0.1) is 35.6 Å². The lowest BCUT2D eigenvalue weighted by Gasteiger charge is -2.12. The number of nitrogens with zero attached hydrogens (tertiary/aromatic N) is 5. The first-order valence-corrected chi connectivity index (χ1v) is 11.3. The minimum atomic E-state index is -3.32. The number of ether oxygens (including phenoxy) is 1. The minimum Gasteiger partial charge on any atom is -0.494 e. The average molecular weight is 436 g/mol. The highest BCUT2D eigenvalue weighted by atomic mass is 32.2. The number of fused-ring (bicyclic) bond motifs is 1. The standard InChI is InChI=1S/C21H20N6O3S/c1-13-4-5-15(27-26-13)10-23-21-17-8-14(9-19(30-2)20(17)24-12-25-21)18-7-6-16(11-22-18)31(3,28)29/h4-9,11-12H,10H2,1-3H3,(H,23,24,25). The van der Waals surface area contributed by atoms with Crippen LogP contribution >= 0.6 is 0 Å². The molecule has 10 heteroatoms. The molecular formula is C21H20N6O3S. The number of anilines is 1. The number of benzene rings is 1. The van der Waals surface area contributed by atoms with Crippen LogP contribution in [0.3, 0.4) is 0 Å². The first-order chi connectivity index (χ1) is 14.8. The number of methoxy groups -OCH3 is 1. The lowest BCUT2D eigenvalue weighted by molar-refractivity contribution is 0.419. The van der Waals surface area contributed by atoms with E-state index < -0.39 is 9.84 Å². The van der Waals surface area contributed by atoms with Gasteiger partial charge in [-0.2, -0.15) is 10.2 Å². The Morgan fingerprint density at radius 3 is 2.52 bits per heavy atom. The molecule has 0 aliphatic heterocycles. The Labute approximate surface area is 179 Å². The molecule has 31 heavy (non-hydrogen) atoms. The van der Waals surface area contributed by atoms with Crippen molar-refractivity contribution in [3.8, 4) is 17.0 Å². The van der Waals surface area contributed by atoms with Crippen LogP contribution in [0.1, 0.15) is 11.4 Å². The highest BCUT2D eigenvalue weighted by molar-refractivity contribution is 7.90. The summed E-state index contributed by atoms with van der Waals surface area (Å²) in [7, 11) is -1.76. The van der Waals surface area contributed by atoms with Crippen molar-refractivity contribution in [3.05, 3.63) is 60.3 Å². The zero-order valence-corrected chi connectivity index (χ0v) is 18.0. The van der Waals surface area contributed by atoms with Gasteiger partial charge >= 0.3 is 0 Å². The molecule has 1 N–H and O–H groups in total. The maximum Gasteiger partial charge on any atom is 0.177 e. The fourth-order valence-electron chi connectivity index (χ4n) is 3.05. The van der Waals surface area contributed by atoms with Gasteiger partial charge in [-0.1, -0.05) is 0 Å². The molecule has 0 bridgehead atoms. The quantitative estimate of drug-likeness (QED) is 0.486. The van der Waals surface area contributed by atoms with Crippen molar-refractivity contribution in [2.75, 3.05) is 18.7 Å². The predicted octanol–water partition coefficient (Wildman–Crippen LogP) is 2.81. The van der Waals surface area contributed by atoms with Crippen LogP contribution in [0.15, 0.2) is 53.8 Å². The van der Waals surface area contributed by atoms with Crippen molar-refractivity contribution >= 4 is 26.6 Å². The number of pyridine rings is 1. The molecule has 0 saturated carbocycles. The second-order valence-corrected chi connectivity index (χ2v) is 8.98. The van der Waals surface area contributed by atoms with Gasteiger partial charge in [-0.3, -0.25) is 4.98 Å². The van der Waals surface area contributed by atoms with Gasteiger partial charge in [-0.15, -0.1) is 0 Å². The SMILES string of the molecule is COc1cc(-c2ccc(S(C)(=O)=O)cn2)cc2c(NCc3ccc(C)nn3)ncnc12. The van der Waals surface area contributed by atoms with E-state index in [1.165, 1.54) is 18.6 Å². The molecule has 0 amide bonds. The van der Waals surface area contributed by atoms with Crippen molar-refractivity contribution in [2.24, 2.45) is 0 Å². The molecular weight excluding hydrogens is 416 g/mol. The van der Waals surface area contributed by atoms with Gasteiger partial charge in [0, 0.05) is 23.4 Å². The smallest absolute Gasteiger partial charge is 0.177 e. The second kappa shape index (κ2) is 8.23. The van der Waals surface area contributed by atoms with E-state index in [0.29, 0.717) is 29.3 Å². The highest BCUT2D eigenvalue weighted by Crippen LogP contribution is 2.33. The predicted molar refractivity (Wildman–Crippen MR) is 117 cm³/mol. The highest BCUT2D eigenvalue weighted by Gasteiger charge is 2.14. The summed E-state index contributed by atoms with van der Waals surface area (Å²) in [5.41, 5.74) is 3.62. The summed E-state index contributed by atoms with van der Waals surface area (Å²) < 4.78 is 29.0. The third-order valence-electron chi connectivity index (χ3n) is 4.67. The summed E-state index contributed by atoms with van der Waals surface area (Å²) >= 11 is 0. The number of rotatable bonds is 6. The molecule has 3 aromatic heterocycles. The van der Waals surface area contributed by atoms with E-state index in [9.17, 15) is 8.42 Å². The summed E-state index contributed by atoms with van der Waals surface area (Å²) in [5, 5.41) is 12.2. The molecule has 0 aliphatic rings. The van der Waals surface area contributed by atoms with E-state index in [4.69, 9.17) is 4.74 Å². The normalized spacial score (nSPS) is 11.5. The van der Waals surface area contributed by atoms with Crippen molar-refractivity contribution in [2.45, 2.75) is 18.4 Å². The number of nitrogens with one attached hydrogen (secondary N) is 1. The molecule has 0 saturated heterocycles. The van der Waals surface area contributed by atoms with E-state index in [1.807, 2.05) is 31.2 Å². The lowest BCUT2D eigenvalue weighted by atomic mass is 10.1. The van der Waals surface area contributed by atoms with Crippen LogP contribution in [-0.2, 0) is 16.4 Å². The van der Waals surface area contributed by atoms with Crippen LogP contribution in [0.4, 0.5) is 5.82 Å². The van der Waals surface area contributed by atoms with Crippen molar-refractivity contribution in [1.29, 1.82) is 0 Å². The Morgan fingerprint density at radius 2 is 1.87 bits per heavy atom. The molecule has 4 rings (SSSR count). The Bertz CT molecular complexity index is 1340. The lowest BCUT2D eigenvalue weighted by Crippen LogP contribution is -2.06. The summed E-state index contributed by atoms with van der Waals surface area (Å²) in [6.45, 7) is 2.32. The monoisotopic (exact) mass is 436 g/mol. The summed E-state index contributed by atoms with van der Waals surface area (Å²) in [6, 6.07) is 10.7. The second-order valence-electron chi connectivity index (χ2n) is 6.97. The van der Waals surface area contributed by atoms with E-state index in [2.05, 4.69) is 30.5 Å². The Balaban J connectivity index is 1.74. The fourth-order valence-corrected chi connectivity index (χ4v) is 3.60. The molecule has 0 fully saturated rings. The van der Waals surface area contributed by atoms with Gasteiger partial charge in [-0.05, 0) is 43.3 Å². The molecule has 0 atom stereocenters. The topological polar surface area (TPSA) is 120 Å². The van der Waals surface area contributed by atoms with E-state index in [1.54, 1.807) is 13.2 Å². The third-order valence-corrected chi connectivity index (χ3v) is 5.77. The average Bonchev–Trinajstić information content (AvgIpc) is 2.77. The molecule has 0 radical (unpaired) electrons. The van der Waals surface area contributed by atoms with Crippen LogP contribution in [0, 0.1) is 6.92 Å². The third kappa shape index (κ3) is 4.43. The van der Waals surface area contributed by atoms with E-state index in [0.717, 1.165) is 28.6 Å². The van der Waals surface area contributed by atoms with Crippen LogP contribution in [-0.4, -0.2) is 46.9 Å². The first-order valence-electron chi connectivity index (χ1n) is 9.37. The van der Waals surface area contributed by atoms with Gasteiger partial charge in [0.2, 0.25) is 0 Å².